The maximum absolute atomic E-state index is 5.69. The number of hydrogen-bond acceptors (Lipinski definition) is 3. The van der Waals surface area contributed by atoms with Gasteiger partial charge in [-0.2, -0.15) is 0 Å². The fraction of sp³-hybridized carbons (Fsp3) is 0.154. The topological polar surface area (TPSA) is 48.1 Å². The molecule has 0 saturated heterocycles. The van der Waals surface area contributed by atoms with Crippen LogP contribution in [0.1, 0.15) is 18.6 Å². The smallest absolute Gasteiger partial charge is 0.215 e. The van der Waals surface area contributed by atoms with Crippen LogP contribution in [0.2, 0.25) is 0 Å². The van der Waals surface area contributed by atoms with Crippen LogP contribution in [0, 0.1) is 0 Å². The van der Waals surface area contributed by atoms with Crippen LogP contribution in [-0.4, -0.2) is 4.98 Å². The third kappa shape index (κ3) is 2.51. The normalized spacial score (nSPS) is 12.1. The van der Waals surface area contributed by atoms with Gasteiger partial charge in [0, 0.05) is 18.0 Å². The molecule has 1 aromatic carbocycles. The molecule has 1 atom stereocenters. The highest BCUT2D eigenvalue weighted by molar-refractivity contribution is 5.39. The molecule has 0 aliphatic carbocycles. The Hall–Kier alpha value is -2.03. The molecule has 82 valence electrons. The summed E-state index contributed by atoms with van der Waals surface area (Å²) in [5.41, 5.74) is 7.43. The van der Waals surface area contributed by atoms with E-state index < -0.39 is 0 Å². The van der Waals surface area contributed by atoms with E-state index in [4.69, 9.17) is 10.5 Å². The molecule has 1 aromatic heterocycles. The Kier molecular flexibility index (Phi) is 3.05. The molecule has 0 saturated carbocycles. The minimum atomic E-state index is -0.0319. The number of nitrogen functional groups attached to an aromatic ring is 1. The van der Waals surface area contributed by atoms with Crippen molar-refractivity contribution in [3.05, 3.63) is 54.2 Å². The summed E-state index contributed by atoms with van der Waals surface area (Å²) in [4.78, 5) is 4.10. The van der Waals surface area contributed by atoms with Gasteiger partial charge in [0.2, 0.25) is 5.88 Å². The molecule has 2 N–H and O–H groups in total. The van der Waals surface area contributed by atoms with Crippen molar-refractivity contribution in [1.82, 2.24) is 4.98 Å². The van der Waals surface area contributed by atoms with Gasteiger partial charge in [-0.3, -0.25) is 0 Å². The van der Waals surface area contributed by atoms with Crippen LogP contribution in [0.15, 0.2) is 48.7 Å². The van der Waals surface area contributed by atoms with Gasteiger partial charge in [-0.25, -0.2) is 4.98 Å². The van der Waals surface area contributed by atoms with E-state index in [9.17, 15) is 0 Å². The molecule has 3 heteroatoms. The first-order valence-corrected chi connectivity index (χ1v) is 5.19. The molecule has 0 amide bonds. The predicted molar refractivity (Wildman–Crippen MR) is 64.1 cm³/mol. The van der Waals surface area contributed by atoms with Crippen molar-refractivity contribution in [1.29, 1.82) is 0 Å². The highest BCUT2D eigenvalue weighted by atomic mass is 16.5. The molecule has 0 spiro atoms. The number of nitrogens with two attached hydrogens (primary N) is 1. The molecule has 0 aliphatic heterocycles. The van der Waals surface area contributed by atoms with Crippen LogP contribution in [0.5, 0.6) is 5.88 Å². The molecule has 0 bridgehead atoms. The van der Waals surface area contributed by atoms with Crippen molar-refractivity contribution < 1.29 is 4.74 Å². The van der Waals surface area contributed by atoms with E-state index in [1.807, 2.05) is 37.3 Å². The summed E-state index contributed by atoms with van der Waals surface area (Å²) >= 11 is 0. The fourth-order valence-corrected chi connectivity index (χ4v) is 1.46. The van der Waals surface area contributed by atoms with Gasteiger partial charge in [0.25, 0.3) is 0 Å². The summed E-state index contributed by atoms with van der Waals surface area (Å²) in [6.07, 6.45) is 1.61. The monoisotopic (exact) mass is 214 g/mol. The molecule has 0 radical (unpaired) electrons. The van der Waals surface area contributed by atoms with Gasteiger partial charge in [-0.1, -0.05) is 30.3 Å². The zero-order valence-corrected chi connectivity index (χ0v) is 9.13. The largest absolute Gasteiger partial charge is 0.470 e. The number of benzene rings is 1. The van der Waals surface area contributed by atoms with Gasteiger partial charge >= 0.3 is 0 Å². The second-order valence-corrected chi connectivity index (χ2v) is 3.60. The quantitative estimate of drug-likeness (QED) is 0.854. The summed E-state index contributed by atoms with van der Waals surface area (Å²) in [5, 5.41) is 0. The molecule has 16 heavy (non-hydrogen) atoms. The number of aromatic nitrogens is 1. The Morgan fingerprint density at radius 2 is 1.94 bits per heavy atom. The molecular weight excluding hydrogens is 200 g/mol. The maximum Gasteiger partial charge on any atom is 0.215 e. The number of ether oxygens (including phenoxy) is 1. The third-order valence-corrected chi connectivity index (χ3v) is 2.33. The minimum absolute atomic E-state index is 0.0319. The SMILES string of the molecule is CC(Oc1cc(N)ccn1)c1ccccc1. The summed E-state index contributed by atoms with van der Waals surface area (Å²) in [6, 6.07) is 13.5. The first kappa shape index (κ1) is 10.5. The lowest BCUT2D eigenvalue weighted by Gasteiger charge is -2.14. The zero-order chi connectivity index (χ0) is 11.4. The van der Waals surface area contributed by atoms with Crippen molar-refractivity contribution in [3.63, 3.8) is 0 Å². The first-order chi connectivity index (χ1) is 7.75. The molecule has 0 fully saturated rings. The van der Waals surface area contributed by atoms with Crippen molar-refractivity contribution in [3.8, 4) is 5.88 Å². The van der Waals surface area contributed by atoms with Crippen LogP contribution in [0.25, 0.3) is 0 Å². The van der Waals surface area contributed by atoms with E-state index >= 15 is 0 Å². The van der Waals surface area contributed by atoms with E-state index in [2.05, 4.69) is 4.98 Å². The molecule has 1 unspecified atom stereocenters. The van der Waals surface area contributed by atoms with Gasteiger partial charge in [0.05, 0.1) is 0 Å². The minimum Gasteiger partial charge on any atom is -0.470 e. The summed E-state index contributed by atoms with van der Waals surface area (Å²) in [7, 11) is 0. The van der Waals surface area contributed by atoms with Crippen LogP contribution in [0.3, 0.4) is 0 Å². The van der Waals surface area contributed by atoms with Crippen molar-refractivity contribution >= 4 is 5.69 Å². The van der Waals surface area contributed by atoms with E-state index in [0.29, 0.717) is 11.6 Å². The van der Waals surface area contributed by atoms with E-state index in [0.717, 1.165) is 5.56 Å². The molecule has 0 aliphatic rings. The standard InChI is InChI=1S/C13H14N2O/c1-10(11-5-3-2-4-6-11)16-13-9-12(14)7-8-15-13/h2-10H,1H3,(H2,14,15). The second-order valence-electron chi connectivity index (χ2n) is 3.60. The first-order valence-electron chi connectivity index (χ1n) is 5.19. The van der Waals surface area contributed by atoms with Gasteiger partial charge in [-0.15, -0.1) is 0 Å². The number of hydrogen-bond donors (Lipinski definition) is 1. The zero-order valence-electron chi connectivity index (χ0n) is 9.13. The number of nitrogens with zero attached hydrogens (tertiary/aromatic N) is 1. The van der Waals surface area contributed by atoms with E-state index in [1.165, 1.54) is 0 Å². The molecular formula is C13H14N2O. The molecule has 1 heterocycles. The lowest BCUT2D eigenvalue weighted by molar-refractivity contribution is 0.217. The molecule has 3 nitrogen and oxygen atoms in total. The number of pyridine rings is 1. The third-order valence-electron chi connectivity index (χ3n) is 2.33. The molecule has 2 aromatic rings. The van der Waals surface area contributed by atoms with Crippen molar-refractivity contribution in [2.75, 3.05) is 5.73 Å². The number of rotatable bonds is 3. The lowest BCUT2D eigenvalue weighted by atomic mass is 10.1. The van der Waals surface area contributed by atoms with Crippen LogP contribution in [0.4, 0.5) is 5.69 Å². The Balaban J connectivity index is 2.11. The fourth-order valence-electron chi connectivity index (χ4n) is 1.46. The van der Waals surface area contributed by atoms with Crippen LogP contribution in [-0.2, 0) is 0 Å². The lowest BCUT2D eigenvalue weighted by Crippen LogP contribution is -2.04. The van der Waals surface area contributed by atoms with Crippen LogP contribution < -0.4 is 10.5 Å². The maximum atomic E-state index is 5.69. The van der Waals surface area contributed by atoms with Crippen LogP contribution >= 0.6 is 0 Å². The Morgan fingerprint density at radius 1 is 1.19 bits per heavy atom. The molecule has 2 rings (SSSR count). The van der Waals surface area contributed by atoms with Gasteiger partial charge < -0.3 is 10.5 Å². The van der Waals surface area contributed by atoms with Gasteiger partial charge in [0.1, 0.15) is 6.10 Å². The van der Waals surface area contributed by atoms with Crippen molar-refractivity contribution in [2.45, 2.75) is 13.0 Å². The second kappa shape index (κ2) is 4.66. The Morgan fingerprint density at radius 3 is 2.62 bits per heavy atom. The summed E-state index contributed by atoms with van der Waals surface area (Å²) in [5.74, 6) is 0.552. The van der Waals surface area contributed by atoms with Crippen molar-refractivity contribution in [2.24, 2.45) is 0 Å². The predicted octanol–water partition coefficient (Wildman–Crippen LogP) is 2.80. The summed E-state index contributed by atoms with van der Waals surface area (Å²) < 4.78 is 5.69. The average molecular weight is 214 g/mol. The van der Waals surface area contributed by atoms with Gasteiger partial charge in [0.15, 0.2) is 0 Å². The van der Waals surface area contributed by atoms with E-state index in [1.54, 1.807) is 18.3 Å². The highest BCUT2D eigenvalue weighted by Gasteiger charge is 2.07. The highest BCUT2D eigenvalue weighted by Crippen LogP contribution is 2.20. The van der Waals surface area contributed by atoms with E-state index in [-0.39, 0.29) is 6.10 Å². The Labute approximate surface area is 94.9 Å². The average Bonchev–Trinajstić information content (AvgIpc) is 2.30. The van der Waals surface area contributed by atoms with Gasteiger partial charge in [-0.05, 0) is 18.6 Å². The summed E-state index contributed by atoms with van der Waals surface area (Å²) in [6.45, 7) is 1.99. The number of anilines is 1. The Bertz CT molecular complexity index is 456.